The summed E-state index contributed by atoms with van der Waals surface area (Å²) in [5.41, 5.74) is 3.26. The number of aryl methyl sites for hydroxylation is 2. The molecular weight excluding hydrogens is 404 g/mol. The molecule has 2 aromatic carbocycles. The van der Waals surface area contributed by atoms with Crippen molar-refractivity contribution in [1.29, 1.82) is 0 Å². The van der Waals surface area contributed by atoms with Crippen molar-refractivity contribution in [2.75, 3.05) is 13.7 Å². The highest BCUT2D eigenvalue weighted by atomic mass is 16.5. The van der Waals surface area contributed by atoms with Gasteiger partial charge in [0.2, 0.25) is 0 Å². The van der Waals surface area contributed by atoms with Gasteiger partial charge in [0, 0.05) is 41.8 Å². The van der Waals surface area contributed by atoms with E-state index in [1.165, 1.54) is 0 Å². The van der Waals surface area contributed by atoms with Crippen molar-refractivity contribution in [3.05, 3.63) is 70.9 Å². The number of aliphatic hydroxyl groups excluding tert-OH is 1. The quantitative estimate of drug-likeness (QED) is 0.348. The molecule has 1 aliphatic heterocycles. The number of ketones is 1. The van der Waals surface area contributed by atoms with Gasteiger partial charge in [0.05, 0.1) is 18.7 Å². The van der Waals surface area contributed by atoms with E-state index in [2.05, 4.69) is 0 Å². The topological polar surface area (TPSA) is 71.8 Å². The van der Waals surface area contributed by atoms with Crippen LogP contribution in [0.25, 0.3) is 16.7 Å². The third-order valence-corrected chi connectivity index (χ3v) is 6.20. The van der Waals surface area contributed by atoms with E-state index >= 15 is 0 Å². The minimum Gasteiger partial charge on any atom is -0.507 e. The summed E-state index contributed by atoms with van der Waals surface area (Å²) in [5.74, 6) is -0.704. The highest BCUT2D eigenvalue weighted by molar-refractivity contribution is 6.46. The molecule has 1 aliphatic rings. The molecule has 0 saturated carbocycles. The summed E-state index contributed by atoms with van der Waals surface area (Å²) < 4.78 is 7.26. The molecule has 1 amide bonds. The Bertz CT molecular complexity index is 1240. The highest BCUT2D eigenvalue weighted by Crippen LogP contribution is 2.43. The van der Waals surface area contributed by atoms with Crippen molar-refractivity contribution >= 4 is 28.4 Å². The first-order valence-electron chi connectivity index (χ1n) is 10.9. The number of carbonyl (C=O) groups is 2. The van der Waals surface area contributed by atoms with E-state index in [1.54, 1.807) is 30.2 Å². The number of methoxy groups -OCH3 is 1. The van der Waals surface area contributed by atoms with Crippen LogP contribution >= 0.6 is 0 Å². The van der Waals surface area contributed by atoms with Gasteiger partial charge in [-0.2, -0.15) is 0 Å². The number of benzene rings is 2. The molecule has 0 spiro atoms. The standard InChI is InChI=1S/C26H28N2O4/c1-5-6-13-28-23(20-15-27(3)21-10-8-7-9-19(20)21)22(25(30)26(28)31)24(29)18-12-11-17(32-4)14-16(18)2/h7-12,14-15,23,29H,5-6,13H2,1-4H3/b24-22+. The smallest absolute Gasteiger partial charge is 0.295 e. The lowest BCUT2D eigenvalue weighted by Gasteiger charge is -2.25. The number of carbonyl (C=O) groups excluding carboxylic acids is 2. The number of fused-ring (bicyclic) bond motifs is 1. The Labute approximate surface area is 187 Å². The molecule has 0 bridgehead atoms. The molecule has 1 fully saturated rings. The Hall–Kier alpha value is -3.54. The monoisotopic (exact) mass is 432 g/mol. The van der Waals surface area contributed by atoms with E-state index in [0.717, 1.165) is 34.9 Å². The predicted molar refractivity (Wildman–Crippen MR) is 125 cm³/mol. The third kappa shape index (κ3) is 3.45. The maximum Gasteiger partial charge on any atom is 0.295 e. The molecule has 0 radical (unpaired) electrons. The summed E-state index contributed by atoms with van der Waals surface area (Å²) >= 11 is 0. The van der Waals surface area contributed by atoms with Gasteiger partial charge in [0.1, 0.15) is 11.5 Å². The fraction of sp³-hybridized carbons (Fsp3) is 0.308. The first-order valence-corrected chi connectivity index (χ1v) is 10.9. The zero-order chi connectivity index (χ0) is 23.0. The van der Waals surface area contributed by atoms with Crippen molar-refractivity contribution in [2.45, 2.75) is 32.7 Å². The van der Waals surface area contributed by atoms with Crippen molar-refractivity contribution < 1.29 is 19.4 Å². The van der Waals surface area contributed by atoms with Gasteiger partial charge in [-0.3, -0.25) is 9.59 Å². The number of hydrogen-bond donors (Lipinski definition) is 1. The number of nitrogens with zero attached hydrogens (tertiary/aromatic N) is 2. The van der Waals surface area contributed by atoms with Crippen molar-refractivity contribution in [1.82, 2.24) is 9.47 Å². The number of para-hydroxylation sites is 1. The number of likely N-dealkylation sites (tertiary alicyclic amines) is 1. The summed E-state index contributed by atoms with van der Waals surface area (Å²) in [7, 11) is 3.52. The number of ether oxygens (including phenoxy) is 1. The number of unbranched alkanes of at least 4 members (excludes halogenated alkanes) is 1. The second kappa shape index (κ2) is 8.54. The molecule has 3 aromatic rings. The first-order chi connectivity index (χ1) is 15.4. The predicted octanol–water partition coefficient (Wildman–Crippen LogP) is 4.72. The summed E-state index contributed by atoms with van der Waals surface area (Å²) in [6.07, 6.45) is 3.62. The highest BCUT2D eigenvalue weighted by Gasteiger charge is 2.46. The van der Waals surface area contributed by atoms with Gasteiger partial charge in [-0.25, -0.2) is 0 Å². The molecule has 1 unspecified atom stereocenters. The lowest BCUT2D eigenvalue weighted by atomic mass is 9.93. The van der Waals surface area contributed by atoms with Gasteiger partial charge < -0.3 is 19.3 Å². The maximum atomic E-state index is 13.2. The number of rotatable bonds is 6. The maximum absolute atomic E-state index is 13.2. The van der Waals surface area contributed by atoms with E-state index in [0.29, 0.717) is 17.9 Å². The average Bonchev–Trinajstić information content (AvgIpc) is 3.25. The lowest BCUT2D eigenvalue weighted by Crippen LogP contribution is -2.30. The fourth-order valence-electron chi connectivity index (χ4n) is 4.53. The second-order valence-electron chi connectivity index (χ2n) is 8.24. The number of aliphatic hydroxyl groups is 1. The van der Waals surface area contributed by atoms with Gasteiger partial charge >= 0.3 is 0 Å². The number of Topliss-reactive ketones (excluding diaryl/α,β-unsaturated/α-hetero) is 1. The Kier molecular flexibility index (Phi) is 5.78. The zero-order valence-electron chi connectivity index (χ0n) is 18.9. The Morgan fingerprint density at radius 3 is 2.59 bits per heavy atom. The summed E-state index contributed by atoms with van der Waals surface area (Å²) in [6, 6.07) is 12.5. The van der Waals surface area contributed by atoms with Gasteiger partial charge in [-0.05, 0) is 43.2 Å². The van der Waals surface area contributed by atoms with Crippen LogP contribution < -0.4 is 4.74 Å². The Morgan fingerprint density at radius 1 is 1.16 bits per heavy atom. The molecule has 166 valence electrons. The van der Waals surface area contributed by atoms with Crippen LogP contribution in [0.4, 0.5) is 0 Å². The molecule has 6 heteroatoms. The van der Waals surface area contributed by atoms with Crippen LogP contribution in [-0.4, -0.2) is 39.9 Å². The van der Waals surface area contributed by atoms with E-state index in [4.69, 9.17) is 4.74 Å². The molecule has 1 aromatic heterocycles. The fourth-order valence-corrected chi connectivity index (χ4v) is 4.53. The number of hydrogen-bond acceptors (Lipinski definition) is 4. The van der Waals surface area contributed by atoms with Crippen LogP contribution in [-0.2, 0) is 16.6 Å². The largest absolute Gasteiger partial charge is 0.507 e. The summed E-state index contributed by atoms with van der Waals surface area (Å²) in [5, 5.41) is 12.3. The molecule has 4 rings (SSSR count). The van der Waals surface area contributed by atoms with Crippen molar-refractivity contribution in [2.24, 2.45) is 7.05 Å². The third-order valence-electron chi connectivity index (χ3n) is 6.20. The lowest BCUT2D eigenvalue weighted by molar-refractivity contribution is -0.139. The minimum atomic E-state index is -0.647. The Balaban J connectivity index is 1.96. The van der Waals surface area contributed by atoms with Crippen molar-refractivity contribution in [3.63, 3.8) is 0 Å². The van der Waals surface area contributed by atoms with E-state index < -0.39 is 17.7 Å². The minimum absolute atomic E-state index is 0.135. The van der Waals surface area contributed by atoms with Crippen LogP contribution in [0.5, 0.6) is 5.75 Å². The normalized spacial score (nSPS) is 18.0. The van der Waals surface area contributed by atoms with Gasteiger partial charge in [-0.15, -0.1) is 0 Å². The van der Waals surface area contributed by atoms with Crippen LogP contribution in [0.15, 0.2) is 54.2 Å². The average molecular weight is 433 g/mol. The summed E-state index contributed by atoms with van der Waals surface area (Å²) in [6.45, 7) is 4.34. The molecule has 1 saturated heterocycles. The van der Waals surface area contributed by atoms with Gasteiger partial charge in [0.25, 0.3) is 11.7 Å². The van der Waals surface area contributed by atoms with Crippen molar-refractivity contribution in [3.8, 4) is 5.75 Å². The van der Waals surface area contributed by atoms with E-state index in [9.17, 15) is 14.7 Å². The number of amides is 1. The van der Waals surface area contributed by atoms with Crippen LogP contribution in [0, 0.1) is 6.92 Å². The van der Waals surface area contributed by atoms with Crippen LogP contribution in [0.2, 0.25) is 0 Å². The van der Waals surface area contributed by atoms with E-state index in [1.807, 2.05) is 55.9 Å². The molecule has 6 nitrogen and oxygen atoms in total. The Morgan fingerprint density at radius 2 is 1.91 bits per heavy atom. The van der Waals surface area contributed by atoms with E-state index in [-0.39, 0.29) is 11.3 Å². The molecule has 32 heavy (non-hydrogen) atoms. The molecule has 1 atom stereocenters. The molecular formula is C26H28N2O4. The van der Waals surface area contributed by atoms with Gasteiger partial charge in [-0.1, -0.05) is 31.5 Å². The zero-order valence-corrected chi connectivity index (χ0v) is 18.9. The molecule has 1 N–H and O–H groups in total. The first kappa shape index (κ1) is 21.7. The van der Waals surface area contributed by atoms with Gasteiger partial charge in [0.15, 0.2) is 0 Å². The second-order valence-corrected chi connectivity index (χ2v) is 8.24. The van der Waals surface area contributed by atoms with Crippen LogP contribution in [0.3, 0.4) is 0 Å². The molecule has 0 aliphatic carbocycles. The number of aromatic nitrogens is 1. The SMILES string of the molecule is CCCCN1C(=O)C(=O)/C(=C(/O)c2ccc(OC)cc2C)C1c1cn(C)c2ccccc12. The van der Waals surface area contributed by atoms with Crippen LogP contribution in [0.1, 0.15) is 42.5 Å². The summed E-state index contributed by atoms with van der Waals surface area (Å²) in [4.78, 5) is 27.9. The molecule has 2 heterocycles.